The monoisotopic (exact) mass is 319 g/mol. The molecule has 0 radical (unpaired) electrons. The van der Waals surface area contributed by atoms with E-state index in [1.165, 1.54) is 6.26 Å². The standard InChI is InChI=1S/C13H17NO4S.ClH/c1-13(2)8-18-12(15)14-11(13)9-4-6-10(7-5-9)19(3,16)17;/h4-7,11H,8H2,1-3H3,(H,14,15);1H/t11-;/m1./s1. The summed E-state index contributed by atoms with van der Waals surface area (Å²) in [7, 11) is -3.20. The van der Waals surface area contributed by atoms with Gasteiger partial charge in [-0.2, -0.15) is 0 Å². The largest absolute Gasteiger partial charge is 0.449 e. The molecule has 1 aliphatic heterocycles. The Morgan fingerprint density at radius 1 is 1.25 bits per heavy atom. The number of carbonyl (C=O) groups is 1. The second-order valence-corrected chi connectivity index (χ2v) is 7.50. The van der Waals surface area contributed by atoms with Gasteiger partial charge >= 0.3 is 6.09 Å². The molecule has 1 amide bonds. The highest BCUT2D eigenvalue weighted by Crippen LogP contribution is 2.36. The van der Waals surface area contributed by atoms with Gasteiger partial charge in [0, 0.05) is 11.7 Å². The zero-order chi connectivity index (χ0) is 14.3. The molecule has 2 rings (SSSR count). The Bertz CT molecular complexity index is 595. The van der Waals surface area contributed by atoms with Crippen LogP contribution in [0.1, 0.15) is 25.5 Å². The summed E-state index contributed by atoms with van der Waals surface area (Å²) in [6.07, 6.45) is 0.721. The van der Waals surface area contributed by atoms with Crippen molar-refractivity contribution in [2.75, 3.05) is 12.9 Å². The summed E-state index contributed by atoms with van der Waals surface area (Å²) in [6.45, 7) is 4.31. The molecule has 0 bridgehead atoms. The zero-order valence-electron chi connectivity index (χ0n) is 11.5. The first kappa shape index (κ1) is 16.8. The van der Waals surface area contributed by atoms with Crippen molar-refractivity contribution in [2.24, 2.45) is 5.41 Å². The number of alkyl carbamates (subject to hydrolysis) is 1. The molecule has 1 atom stereocenters. The van der Waals surface area contributed by atoms with Gasteiger partial charge < -0.3 is 10.1 Å². The van der Waals surface area contributed by atoms with E-state index in [0.717, 1.165) is 5.56 Å². The number of carbonyl (C=O) groups excluding carboxylic acids is 1. The van der Waals surface area contributed by atoms with E-state index in [1.54, 1.807) is 24.3 Å². The molecule has 112 valence electrons. The number of hydrogen-bond acceptors (Lipinski definition) is 4. The predicted molar refractivity (Wildman–Crippen MR) is 77.8 cm³/mol. The molecule has 1 saturated heterocycles. The van der Waals surface area contributed by atoms with Crippen LogP contribution in [-0.4, -0.2) is 27.4 Å². The number of halogens is 1. The van der Waals surface area contributed by atoms with Crippen LogP contribution in [0.25, 0.3) is 0 Å². The van der Waals surface area contributed by atoms with Crippen LogP contribution < -0.4 is 5.32 Å². The molecule has 0 unspecified atom stereocenters. The number of hydrogen-bond donors (Lipinski definition) is 1. The average Bonchev–Trinajstić information content (AvgIpc) is 2.31. The maximum absolute atomic E-state index is 11.4. The lowest BCUT2D eigenvalue weighted by Crippen LogP contribution is -2.46. The van der Waals surface area contributed by atoms with Gasteiger partial charge in [-0.15, -0.1) is 12.4 Å². The van der Waals surface area contributed by atoms with Crippen LogP contribution in [0.2, 0.25) is 0 Å². The van der Waals surface area contributed by atoms with Crippen LogP contribution in [0, 0.1) is 5.41 Å². The molecule has 0 spiro atoms. The lowest BCUT2D eigenvalue weighted by molar-refractivity contribution is 0.0387. The zero-order valence-corrected chi connectivity index (χ0v) is 13.2. The molecule has 1 aromatic carbocycles. The first-order valence-corrected chi connectivity index (χ1v) is 7.82. The van der Waals surface area contributed by atoms with Gasteiger partial charge in [-0.1, -0.05) is 26.0 Å². The number of benzene rings is 1. The van der Waals surface area contributed by atoms with E-state index in [1.807, 2.05) is 13.8 Å². The normalized spacial score (nSPS) is 21.4. The van der Waals surface area contributed by atoms with Gasteiger partial charge in [-0.25, -0.2) is 13.2 Å². The SMILES string of the molecule is CC1(C)COC(=O)N[C@@H]1c1ccc(S(C)(=O)=O)cc1.Cl. The van der Waals surface area contributed by atoms with Gasteiger partial charge in [0.2, 0.25) is 0 Å². The van der Waals surface area contributed by atoms with Crippen LogP contribution in [-0.2, 0) is 14.6 Å². The molecule has 1 heterocycles. The van der Waals surface area contributed by atoms with Gasteiger partial charge in [-0.05, 0) is 17.7 Å². The van der Waals surface area contributed by atoms with Crippen LogP contribution in [0.3, 0.4) is 0 Å². The highest BCUT2D eigenvalue weighted by atomic mass is 35.5. The molecular weight excluding hydrogens is 302 g/mol. The lowest BCUT2D eigenvalue weighted by atomic mass is 9.80. The number of amides is 1. The molecule has 1 aliphatic rings. The highest BCUT2D eigenvalue weighted by Gasteiger charge is 2.37. The molecule has 0 aliphatic carbocycles. The third-order valence-corrected chi connectivity index (χ3v) is 4.39. The molecular formula is C13H18ClNO4S. The highest BCUT2D eigenvalue weighted by molar-refractivity contribution is 7.90. The summed E-state index contributed by atoms with van der Waals surface area (Å²) in [5.74, 6) is 0. The van der Waals surface area contributed by atoms with Gasteiger partial charge in [-0.3, -0.25) is 0 Å². The van der Waals surface area contributed by atoms with E-state index in [2.05, 4.69) is 5.32 Å². The van der Waals surface area contributed by atoms with Crippen molar-refractivity contribution in [1.82, 2.24) is 5.32 Å². The van der Waals surface area contributed by atoms with Crippen molar-refractivity contribution in [1.29, 1.82) is 0 Å². The van der Waals surface area contributed by atoms with Crippen molar-refractivity contribution in [3.63, 3.8) is 0 Å². The molecule has 1 N–H and O–H groups in total. The van der Waals surface area contributed by atoms with Gasteiger partial charge in [0.25, 0.3) is 0 Å². The van der Waals surface area contributed by atoms with Crippen LogP contribution in [0.5, 0.6) is 0 Å². The molecule has 0 saturated carbocycles. The fourth-order valence-electron chi connectivity index (χ4n) is 2.13. The van der Waals surface area contributed by atoms with Crippen LogP contribution in [0.15, 0.2) is 29.2 Å². The lowest BCUT2D eigenvalue weighted by Gasteiger charge is -2.38. The van der Waals surface area contributed by atoms with Gasteiger partial charge in [0.1, 0.15) is 6.61 Å². The third kappa shape index (κ3) is 3.43. The van der Waals surface area contributed by atoms with Crippen molar-refractivity contribution in [2.45, 2.75) is 24.8 Å². The minimum Gasteiger partial charge on any atom is -0.449 e. The molecule has 7 heteroatoms. The second kappa shape index (κ2) is 5.61. The summed E-state index contributed by atoms with van der Waals surface area (Å²) in [5, 5.41) is 2.77. The van der Waals surface area contributed by atoms with E-state index >= 15 is 0 Å². The van der Waals surface area contributed by atoms with E-state index in [9.17, 15) is 13.2 Å². The summed E-state index contributed by atoms with van der Waals surface area (Å²) >= 11 is 0. The third-order valence-electron chi connectivity index (χ3n) is 3.26. The number of ether oxygens (including phenoxy) is 1. The number of cyclic esters (lactones) is 1. The Kier molecular flexibility index (Phi) is 4.71. The first-order chi connectivity index (χ1) is 8.70. The predicted octanol–water partition coefficient (Wildman–Crippen LogP) is 2.32. The maximum Gasteiger partial charge on any atom is 0.407 e. The molecule has 1 fully saturated rings. The molecule has 1 aromatic rings. The Labute approximate surface area is 125 Å². The Balaban J connectivity index is 0.00000200. The Hall–Kier alpha value is -1.27. The minimum atomic E-state index is -3.20. The van der Waals surface area contributed by atoms with Crippen LogP contribution >= 0.6 is 12.4 Å². The fourth-order valence-corrected chi connectivity index (χ4v) is 2.76. The van der Waals surface area contributed by atoms with Crippen LogP contribution in [0.4, 0.5) is 4.79 Å². The summed E-state index contributed by atoms with van der Waals surface area (Å²) in [5.41, 5.74) is 0.620. The number of rotatable bonds is 2. The summed E-state index contributed by atoms with van der Waals surface area (Å²) < 4.78 is 27.8. The van der Waals surface area contributed by atoms with Crippen molar-refractivity contribution in [3.8, 4) is 0 Å². The molecule has 5 nitrogen and oxygen atoms in total. The van der Waals surface area contributed by atoms with Gasteiger partial charge in [0.15, 0.2) is 9.84 Å². The van der Waals surface area contributed by atoms with E-state index in [4.69, 9.17) is 4.74 Å². The second-order valence-electron chi connectivity index (χ2n) is 5.48. The quantitative estimate of drug-likeness (QED) is 0.908. The number of nitrogens with one attached hydrogen (secondary N) is 1. The smallest absolute Gasteiger partial charge is 0.407 e. The minimum absolute atomic E-state index is 0. The molecule has 20 heavy (non-hydrogen) atoms. The average molecular weight is 320 g/mol. The maximum atomic E-state index is 11.4. The van der Waals surface area contributed by atoms with E-state index < -0.39 is 15.9 Å². The number of sulfone groups is 1. The Morgan fingerprint density at radius 2 is 1.80 bits per heavy atom. The summed E-state index contributed by atoms with van der Waals surface area (Å²) in [6, 6.07) is 6.38. The first-order valence-electron chi connectivity index (χ1n) is 5.93. The van der Waals surface area contributed by atoms with Gasteiger partial charge in [0.05, 0.1) is 10.9 Å². The van der Waals surface area contributed by atoms with E-state index in [0.29, 0.717) is 6.61 Å². The summed E-state index contributed by atoms with van der Waals surface area (Å²) in [4.78, 5) is 11.6. The van der Waals surface area contributed by atoms with Crippen molar-refractivity contribution >= 4 is 28.3 Å². The van der Waals surface area contributed by atoms with E-state index in [-0.39, 0.29) is 28.8 Å². The van der Waals surface area contributed by atoms with Crippen molar-refractivity contribution in [3.05, 3.63) is 29.8 Å². The molecule has 0 aromatic heterocycles. The topological polar surface area (TPSA) is 72.5 Å². The fraction of sp³-hybridized carbons (Fsp3) is 0.462. The van der Waals surface area contributed by atoms with Crippen molar-refractivity contribution < 1.29 is 17.9 Å². The Morgan fingerprint density at radius 3 is 2.30 bits per heavy atom.